The maximum Gasteiger partial charge on any atom is 0.229 e. The smallest absolute Gasteiger partial charge is 0.229 e. The maximum atomic E-state index is 12.8. The molecule has 2 aliphatic rings. The van der Waals surface area contributed by atoms with Gasteiger partial charge in [-0.2, -0.15) is 0 Å². The van der Waals surface area contributed by atoms with Crippen molar-refractivity contribution in [3.8, 4) is 0 Å². The van der Waals surface area contributed by atoms with Gasteiger partial charge in [0.05, 0.1) is 34.8 Å². The van der Waals surface area contributed by atoms with E-state index in [0.717, 1.165) is 48.7 Å². The van der Waals surface area contributed by atoms with E-state index in [9.17, 15) is 9.90 Å². The van der Waals surface area contributed by atoms with E-state index in [2.05, 4.69) is 23.7 Å². The van der Waals surface area contributed by atoms with Crippen LogP contribution in [0.3, 0.4) is 0 Å². The second-order valence-corrected chi connectivity index (χ2v) is 9.80. The number of ether oxygens (including phenoxy) is 1. The standard InChI is InChI=1S/C23H33N3O3.CH4/c1-22(2)12-6-9-17(29-22)14-20(27)25-21-24-18-11-10-15(23(3,4)28)13-19(18)26(21)16-7-5-8-16;/h10-11,13,16-17,28H,5-9,12,14H2,1-4H3,(H,24,25,27);1H4/t17-;/m0./s1. The molecule has 0 radical (unpaired) electrons. The number of nitrogens with zero attached hydrogens (tertiary/aromatic N) is 2. The molecule has 2 N–H and O–H groups in total. The summed E-state index contributed by atoms with van der Waals surface area (Å²) >= 11 is 0. The first-order chi connectivity index (χ1) is 13.6. The summed E-state index contributed by atoms with van der Waals surface area (Å²) < 4.78 is 8.24. The van der Waals surface area contributed by atoms with E-state index in [1.165, 1.54) is 6.42 Å². The Balaban J connectivity index is 0.00000256. The van der Waals surface area contributed by atoms with Crippen molar-refractivity contribution in [1.82, 2.24) is 9.55 Å². The van der Waals surface area contributed by atoms with Gasteiger partial charge in [0.1, 0.15) is 0 Å². The highest BCUT2D eigenvalue weighted by atomic mass is 16.5. The van der Waals surface area contributed by atoms with Gasteiger partial charge in [0.2, 0.25) is 11.9 Å². The Bertz CT molecular complexity index is 906. The normalized spacial score (nSPS) is 21.7. The van der Waals surface area contributed by atoms with Gasteiger partial charge in [-0.25, -0.2) is 4.98 Å². The number of anilines is 1. The molecule has 1 saturated carbocycles. The van der Waals surface area contributed by atoms with E-state index in [-0.39, 0.29) is 25.0 Å². The van der Waals surface area contributed by atoms with Crippen molar-refractivity contribution in [2.45, 2.75) is 103 Å². The highest BCUT2D eigenvalue weighted by Crippen LogP contribution is 2.38. The molecule has 166 valence electrons. The number of carbonyl (C=O) groups is 1. The molecule has 1 saturated heterocycles. The van der Waals surface area contributed by atoms with E-state index in [1.54, 1.807) is 13.8 Å². The molecule has 1 atom stereocenters. The molecule has 1 aliphatic carbocycles. The van der Waals surface area contributed by atoms with Crippen molar-refractivity contribution in [2.75, 3.05) is 5.32 Å². The molecule has 2 aromatic rings. The van der Waals surface area contributed by atoms with Gasteiger partial charge in [0.25, 0.3) is 0 Å². The van der Waals surface area contributed by atoms with Crippen LogP contribution in [0.2, 0.25) is 0 Å². The molecular formula is C24H37N3O3. The molecule has 2 heterocycles. The van der Waals surface area contributed by atoms with Crippen molar-refractivity contribution >= 4 is 22.9 Å². The lowest BCUT2D eigenvalue weighted by atomic mass is 9.92. The van der Waals surface area contributed by atoms with Crippen LogP contribution >= 0.6 is 0 Å². The predicted molar refractivity (Wildman–Crippen MR) is 121 cm³/mol. The fraction of sp³-hybridized carbons (Fsp3) is 0.667. The first kappa shape index (κ1) is 22.8. The Morgan fingerprint density at radius 2 is 2.03 bits per heavy atom. The molecule has 30 heavy (non-hydrogen) atoms. The lowest BCUT2D eigenvalue weighted by molar-refractivity contribution is -0.131. The summed E-state index contributed by atoms with van der Waals surface area (Å²) in [6.45, 7) is 7.75. The third kappa shape index (κ3) is 4.70. The van der Waals surface area contributed by atoms with Gasteiger partial charge in [-0.3, -0.25) is 10.1 Å². The Kier molecular flexibility index (Phi) is 6.30. The van der Waals surface area contributed by atoms with Crippen molar-refractivity contribution < 1.29 is 14.6 Å². The summed E-state index contributed by atoms with van der Waals surface area (Å²) in [6, 6.07) is 6.19. The molecular weight excluding hydrogens is 378 g/mol. The van der Waals surface area contributed by atoms with Gasteiger partial charge in [-0.15, -0.1) is 0 Å². The van der Waals surface area contributed by atoms with Crippen molar-refractivity contribution in [2.24, 2.45) is 0 Å². The van der Waals surface area contributed by atoms with Crippen LogP contribution in [0.25, 0.3) is 11.0 Å². The second-order valence-electron chi connectivity index (χ2n) is 9.80. The highest BCUT2D eigenvalue weighted by Gasteiger charge is 2.31. The van der Waals surface area contributed by atoms with E-state index < -0.39 is 5.60 Å². The maximum absolute atomic E-state index is 12.8. The van der Waals surface area contributed by atoms with Crippen LogP contribution < -0.4 is 5.32 Å². The Labute approximate surface area is 180 Å². The molecule has 6 heteroatoms. The summed E-state index contributed by atoms with van der Waals surface area (Å²) in [5.41, 5.74) is 1.59. The van der Waals surface area contributed by atoms with Gasteiger partial charge < -0.3 is 14.4 Å². The number of nitrogens with one attached hydrogen (secondary N) is 1. The van der Waals surface area contributed by atoms with E-state index in [4.69, 9.17) is 9.72 Å². The number of rotatable bonds is 5. The number of hydrogen-bond acceptors (Lipinski definition) is 4. The van der Waals surface area contributed by atoms with Gasteiger partial charge in [0.15, 0.2) is 0 Å². The van der Waals surface area contributed by atoms with Crippen LogP contribution in [0.4, 0.5) is 5.95 Å². The molecule has 0 spiro atoms. The topological polar surface area (TPSA) is 76.4 Å². The van der Waals surface area contributed by atoms with Gasteiger partial charge >= 0.3 is 0 Å². The first-order valence-corrected chi connectivity index (χ1v) is 10.8. The number of aliphatic hydroxyl groups is 1. The Hall–Kier alpha value is -1.92. The van der Waals surface area contributed by atoms with E-state index in [0.29, 0.717) is 18.4 Å². The van der Waals surface area contributed by atoms with Gasteiger partial charge in [-0.05, 0) is 83.9 Å². The molecule has 0 unspecified atom stereocenters. The Morgan fingerprint density at radius 1 is 1.30 bits per heavy atom. The number of fused-ring (bicyclic) bond motifs is 1. The second kappa shape index (κ2) is 8.31. The number of benzene rings is 1. The zero-order valence-corrected chi connectivity index (χ0v) is 18.0. The number of amides is 1. The summed E-state index contributed by atoms with van der Waals surface area (Å²) in [7, 11) is 0. The molecule has 1 aliphatic heterocycles. The number of imidazole rings is 1. The average molecular weight is 416 g/mol. The highest BCUT2D eigenvalue weighted by molar-refractivity contribution is 5.92. The number of hydrogen-bond donors (Lipinski definition) is 2. The quantitative estimate of drug-likeness (QED) is 0.695. The monoisotopic (exact) mass is 415 g/mol. The molecule has 1 amide bonds. The lowest BCUT2D eigenvalue weighted by Crippen LogP contribution is -2.37. The minimum Gasteiger partial charge on any atom is -0.386 e. The summed E-state index contributed by atoms with van der Waals surface area (Å²) in [5.74, 6) is 0.559. The zero-order chi connectivity index (χ0) is 20.8. The van der Waals surface area contributed by atoms with Crippen molar-refractivity contribution in [1.29, 1.82) is 0 Å². The first-order valence-electron chi connectivity index (χ1n) is 10.8. The average Bonchev–Trinajstić information content (AvgIpc) is 2.88. The van der Waals surface area contributed by atoms with Crippen LogP contribution in [0.1, 0.15) is 91.7 Å². The van der Waals surface area contributed by atoms with Gasteiger partial charge in [0, 0.05) is 6.04 Å². The molecule has 6 nitrogen and oxygen atoms in total. The molecule has 2 fully saturated rings. The summed E-state index contributed by atoms with van der Waals surface area (Å²) in [5, 5.41) is 13.5. The Morgan fingerprint density at radius 3 is 2.63 bits per heavy atom. The largest absolute Gasteiger partial charge is 0.386 e. The molecule has 1 aromatic carbocycles. The predicted octanol–water partition coefficient (Wildman–Crippen LogP) is 5.30. The SMILES string of the molecule is C.CC1(C)CCC[C@@H](CC(=O)Nc2nc3ccc(C(C)(C)O)cc3n2C2CCC2)O1. The third-order valence-corrected chi connectivity index (χ3v) is 6.29. The van der Waals surface area contributed by atoms with Gasteiger partial charge in [-0.1, -0.05) is 13.5 Å². The number of aromatic nitrogens is 2. The zero-order valence-electron chi connectivity index (χ0n) is 18.0. The summed E-state index contributed by atoms with van der Waals surface area (Å²) in [6.07, 6.45) is 6.71. The van der Waals surface area contributed by atoms with Crippen LogP contribution in [-0.2, 0) is 15.1 Å². The third-order valence-electron chi connectivity index (χ3n) is 6.29. The van der Waals surface area contributed by atoms with E-state index >= 15 is 0 Å². The number of carbonyl (C=O) groups excluding carboxylic acids is 1. The van der Waals surface area contributed by atoms with Crippen LogP contribution in [0, 0.1) is 0 Å². The molecule has 4 rings (SSSR count). The van der Waals surface area contributed by atoms with Crippen LogP contribution in [0.5, 0.6) is 0 Å². The molecule has 0 bridgehead atoms. The fourth-order valence-electron chi connectivity index (χ4n) is 4.43. The van der Waals surface area contributed by atoms with E-state index in [1.807, 2.05) is 18.2 Å². The lowest BCUT2D eigenvalue weighted by Gasteiger charge is -2.35. The minimum absolute atomic E-state index is 0. The summed E-state index contributed by atoms with van der Waals surface area (Å²) in [4.78, 5) is 17.5. The van der Waals surface area contributed by atoms with Crippen molar-refractivity contribution in [3.05, 3.63) is 23.8 Å². The fourth-order valence-corrected chi connectivity index (χ4v) is 4.43. The van der Waals surface area contributed by atoms with Crippen LogP contribution in [0.15, 0.2) is 18.2 Å². The molecule has 1 aromatic heterocycles. The van der Waals surface area contributed by atoms with Crippen LogP contribution in [-0.4, -0.2) is 32.3 Å². The minimum atomic E-state index is -0.919. The van der Waals surface area contributed by atoms with Crippen molar-refractivity contribution in [3.63, 3.8) is 0 Å².